The highest BCUT2D eigenvalue weighted by molar-refractivity contribution is 7.89. The minimum absolute atomic E-state index is 0.0535. The molecule has 0 saturated carbocycles. The second-order valence-corrected chi connectivity index (χ2v) is 9.98. The third-order valence-corrected chi connectivity index (χ3v) is 8.10. The van der Waals surface area contributed by atoms with Crippen molar-refractivity contribution < 1.29 is 22.7 Å². The summed E-state index contributed by atoms with van der Waals surface area (Å²) in [5, 5.41) is 0. The Morgan fingerprint density at radius 2 is 1.55 bits per heavy atom. The summed E-state index contributed by atoms with van der Waals surface area (Å²) in [7, 11) is -3.00. The maximum atomic E-state index is 14.0. The first kappa shape index (κ1) is 21.4. The van der Waals surface area contributed by atoms with Crippen molar-refractivity contribution in [3.8, 4) is 0 Å². The topological polar surface area (TPSA) is 84.0 Å². The fourth-order valence-electron chi connectivity index (χ4n) is 4.73. The minimum atomic E-state index is -4.32. The molecule has 0 bridgehead atoms. The number of fused-ring (bicyclic) bond motifs is 2. The van der Waals surface area contributed by atoms with E-state index >= 15 is 0 Å². The maximum absolute atomic E-state index is 14.0. The van der Waals surface area contributed by atoms with E-state index in [-0.39, 0.29) is 11.4 Å². The zero-order chi connectivity index (χ0) is 23.4. The van der Waals surface area contributed by atoms with Gasteiger partial charge in [0.25, 0.3) is 21.8 Å². The molecule has 0 radical (unpaired) electrons. The first-order chi connectivity index (χ1) is 15.8. The van der Waals surface area contributed by atoms with E-state index in [4.69, 9.17) is 4.74 Å². The number of hydrogen-bond acceptors (Lipinski definition) is 5. The van der Waals surface area contributed by atoms with Crippen molar-refractivity contribution in [3.63, 3.8) is 0 Å². The average molecular weight is 463 g/mol. The fourth-order valence-corrected chi connectivity index (χ4v) is 6.40. The van der Waals surface area contributed by atoms with E-state index in [1.165, 1.54) is 24.1 Å². The zero-order valence-corrected chi connectivity index (χ0v) is 19.0. The van der Waals surface area contributed by atoms with Crippen LogP contribution in [0.5, 0.6) is 0 Å². The molecule has 2 aliphatic rings. The number of benzene rings is 3. The summed E-state index contributed by atoms with van der Waals surface area (Å²) < 4.78 is 33.5. The molecule has 168 valence electrons. The zero-order valence-electron chi connectivity index (χ0n) is 18.1. The Morgan fingerprint density at radius 3 is 2.21 bits per heavy atom. The summed E-state index contributed by atoms with van der Waals surface area (Å²) in [6.45, 7) is 2.08. The Kier molecular flexibility index (Phi) is 4.88. The predicted molar refractivity (Wildman–Crippen MR) is 122 cm³/mol. The largest absolute Gasteiger partial charge is 0.368 e. The lowest BCUT2D eigenvalue weighted by molar-refractivity contribution is -0.180. The van der Waals surface area contributed by atoms with Crippen LogP contribution in [0, 0.1) is 6.92 Å². The number of aryl methyl sites for hydroxylation is 1. The van der Waals surface area contributed by atoms with Crippen molar-refractivity contribution in [2.75, 3.05) is 12.0 Å². The molecule has 3 aromatic carbocycles. The van der Waals surface area contributed by atoms with Crippen molar-refractivity contribution in [2.45, 2.75) is 30.0 Å². The van der Waals surface area contributed by atoms with Crippen LogP contribution in [0.2, 0.25) is 0 Å². The molecule has 1 fully saturated rings. The summed E-state index contributed by atoms with van der Waals surface area (Å²) in [5.74, 6) is -1.27. The van der Waals surface area contributed by atoms with Gasteiger partial charge in [-0.25, -0.2) is 12.7 Å². The Morgan fingerprint density at radius 1 is 0.909 bits per heavy atom. The highest BCUT2D eigenvalue weighted by Crippen LogP contribution is 2.55. The molecule has 0 aliphatic carbocycles. The summed E-state index contributed by atoms with van der Waals surface area (Å²) in [4.78, 5) is 28.6. The van der Waals surface area contributed by atoms with Crippen LogP contribution in [0.1, 0.15) is 16.7 Å². The molecule has 2 atom stereocenters. The van der Waals surface area contributed by atoms with Gasteiger partial charge in [0.05, 0.1) is 17.1 Å². The Bertz CT molecular complexity index is 1360. The fraction of sp³-hybridized carbons (Fsp3) is 0.200. The molecule has 0 aromatic heterocycles. The molecular weight excluding hydrogens is 440 g/mol. The van der Waals surface area contributed by atoms with Crippen molar-refractivity contribution in [1.82, 2.24) is 4.31 Å². The van der Waals surface area contributed by atoms with E-state index in [1.54, 1.807) is 36.4 Å². The Hall–Kier alpha value is -3.49. The van der Waals surface area contributed by atoms with Gasteiger partial charge in [-0.15, -0.1) is 0 Å². The number of anilines is 1. The average Bonchev–Trinajstić information content (AvgIpc) is 3.05. The standard InChI is InChI=1S/C25H22N2O5S/c1-17-12-14-19(15-13-17)33(30,31)27-23(28)22(32-2)25(27)20-10-6-7-11-21(20)26(24(25)29)16-18-8-4-3-5-9-18/h3-15,22H,16H2,1-2H3/t22-,25+/m1/s1. The van der Waals surface area contributed by atoms with Crippen LogP contribution in [0.25, 0.3) is 0 Å². The molecule has 7 nitrogen and oxygen atoms in total. The van der Waals surface area contributed by atoms with Gasteiger partial charge in [-0.05, 0) is 30.7 Å². The predicted octanol–water partition coefficient (Wildman–Crippen LogP) is 2.98. The van der Waals surface area contributed by atoms with E-state index in [9.17, 15) is 18.0 Å². The molecule has 3 aromatic rings. The van der Waals surface area contributed by atoms with Crippen LogP contribution >= 0.6 is 0 Å². The number of amides is 2. The number of carbonyl (C=O) groups is 2. The second kappa shape index (κ2) is 7.54. The lowest BCUT2D eigenvalue weighted by atomic mass is 9.78. The first-order valence-electron chi connectivity index (χ1n) is 10.5. The molecule has 2 amide bonds. The van der Waals surface area contributed by atoms with Crippen LogP contribution in [0.15, 0.2) is 83.8 Å². The van der Waals surface area contributed by atoms with Crippen molar-refractivity contribution >= 4 is 27.5 Å². The molecule has 2 aliphatic heterocycles. The van der Waals surface area contributed by atoms with Crippen LogP contribution < -0.4 is 4.90 Å². The molecule has 8 heteroatoms. The molecule has 0 N–H and O–H groups in total. The van der Waals surface area contributed by atoms with Gasteiger partial charge in [0.15, 0.2) is 11.6 Å². The minimum Gasteiger partial charge on any atom is -0.368 e. The molecule has 1 saturated heterocycles. The summed E-state index contributed by atoms with van der Waals surface area (Å²) in [6, 6.07) is 22.6. The van der Waals surface area contributed by atoms with Gasteiger partial charge in [-0.3, -0.25) is 9.59 Å². The normalized spacial score (nSPS) is 21.9. The third kappa shape index (κ3) is 2.87. The van der Waals surface area contributed by atoms with Gasteiger partial charge in [-0.2, -0.15) is 0 Å². The number of sulfonamides is 1. The van der Waals surface area contributed by atoms with Gasteiger partial charge in [0.1, 0.15) is 0 Å². The number of methoxy groups -OCH3 is 1. The van der Waals surface area contributed by atoms with E-state index in [0.29, 0.717) is 15.6 Å². The van der Waals surface area contributed by atoms with Crippen molar-refractivity contribution in [3.05, 3.63) is 95.6 Å². The van der Waals surface area contributed by atoms with Crippen LogP contribution in [0.4, 0.5) is 5.69 Å². The van der Waals surface area contributed by atoms with Crippen molar-refractivity contribution in [1.29, 1.82) is 0 Å². The number of carbonyl (C=O) groups excluding carboxylic acids is 2. The number of β-lactam (4-membered cyclic amide) rings is 1. The third-order valence-electron chi connectivity index (χ3n) is 6.28. The molecule has 1 spiro atoms. The SMILES string of the molecule is CO[C@@H]1C(=O)N(S(=O)(=O)c2ccc(C)cc2)[C@]12C(=O)N(Cc1ccccc1)c1ccccc12. The summed E-state index contributed by atoms with van der Waals surface area (Å²) in [5.41, 5.74) is 0.967. The highest BCUT2D eigenvalue weighted by atomic mass is 32.2. The lowest BCUT2D eigenvalue weighted by Gasteiger charge is -2.51. The lowest BCUT2D eigenvalue weighted by Crippen LogP contribution is -2.77. The van der Waals surface area contributed by atoms with Gasteiger partial charge in [0, 0.05) is 12.7 Å². The Labute approximate surface area is 192 Å². The summed E-state index contributed by atoms with van der Waals surface area (Å²) >= 11 is 0. The first-order valence-corrected chi connectivity index (χ1v) is 11.9. The monoisotopic (exact) mass is 462 g/mol. The quantitative estimate of drug-likeness (QED) is 0.545. The number of nitrogens with zero attached hydrogens (tertiary/aromatic N) is 2. The number of hydrogen-bond donors (Lipinski definition) is 0. The van der Waals surface area contributed by atoms with Crippen LogP contribution in [-0.2, 0) is 36.4 Å². The van der Waals surface area contributed by atoms with Crippen LogP contribution in [-0.4, -0.2) is 37.8 Å². The molecule has 2 heterocycles. The smallest absolute Gasteiger partial charge is 0.270 e. The van der Waals surface area contributed by atoms with E-state index in [0.717, 1.165) is 11.1 Å². The molecule has 33 heavy (non-hydrogen) atoms. The molecule has 5 rings (SSSR count). The number of rotatable bonds is 5. The van der Waals surface area contributed by atoms with E-state index < -0.39 is 33.5 Å². The Balaban J connectivity index is 1.68. The number of para-hydroxylation sites is 1. The van der Waals surface area contributed by atoms with E-state index in [2.05, 4.69) is 0 Å². The highest BCUT2D eigenvalue weighted by Gasteiger charge is 2.74. The van der Waals surface area contributed by atoms with E-state index in [1.807, 2.05) is 37.3 Å². The summed E-state index contributed by atoms with van der Waals surface area (Å²) in [6.07, 6.45) is -1.24. The van der Waals surface area contributed by atoms with Crippen molar-refractivity contribution in [2.24, 2.45) is 0 Å². The molecular formula is C25H22N2O5S. The van der Waals surface area contributed by atoms with Gasteiger partial charge >= 0.3 is 0 Å². The van der Waals surface area contributed by atoms with Gasteiger partial charge in [0.2, 0.25) is 0 Å². The molecule has 0 unspecified atom stereocenters. The van der Waals surface area contributed by atoms with Gasteiger partial charge < -0.3 is 9.64 Å². The maximum Gasteiger partial charge on any atom is 0.270 e. The van der Waals surface area contributed by atoms with Gasteiger partial charge in [-0.1, -0.05) is 66.2 Å². The second-order valence-electron chi connectivity index (χ2n) is 8.20. The van der Waals surface area contributed by atoms with Crippen LogP contribution in [0.3, 0.4) is 0 Å². The number of ether oxygens (including phenoxy) is 1.